The maximum atomic E-state index is 11.8. The molecule has 0 aromatic heterocycles. The summed E-state index contributed by atoms with van der Waals surface area (Å²) < 4.78 is 54.0. The van der Waals surface area contributed by atoms with Crippen LogP contribution in [-0.2, 0) is 66.6 Å². The number of aliphatic hydroxyl groups excluding tert-OH is 7. The van der Waals surface area contributed by atoms with E-state index in [1.807, 2.05) is 0 Å². The molecule has 0 aromatic rings. The van der Waals surface area contributed by atoms with E-state index >= 15 is 0 Å². The van der Waals surface area contributed by atoms with Crippen molar-refractivity contribution in [2.24, 2.45) is 0 Å². The Balaban J connectivity index is 1.50. The average Bonchev–Trinajstić information content (AvgIpc) is 3.21. The summed E-state index contributed by atoms with van der Waals surface area (Å²) in [6.45, 7) is 7.34. The molecule has 5 rings (SSSR count). The van der Waals surface area contributed by atoms with Gasteiger partial charge in [-0.05, 0) is 34.6 Å². The van der Waals surface area contributed by atoms with Crippen molar-refractivity contribution in [3.05, 3.63) is 0 Å². The summed E-state index contributed by atoms with van der Waals surface area (Å²) in [6.07, 6.45) is -29.4. The number of nitrogens with one attached hydrogen (secondary N) is 5. The van der Waals surface area contributed by atoms with Crippen molar-refractivity contribution in [2.45, 2.75) is 188 Å². The molecular weight excluding hydrogens is 826 g/mol. The van der Waals surface area contributed by atoms with Crippen molar-refractivity contribution in [3.8, 4) is 0 Å². The Kier molecular flexibility index (Phi) is 17.1. The highest BCUT2D eigenvalue weighted by molar-refractivity contribution is 5.48. The van der Waals surface area contributed by atoms with Crippen LogP contribution in [0.2, 0.25) is 0 Å². The first kappa shape index (κ1) is 48.7. The Bertz CT molecular complexity index is 1460. The van der Waals surface area contributed by atoms with Gasteiger partial charge in [-0.2, -0.15) is 0 Å². The lowest BCUT2D eigenvalue weighted by Crippen LogP contribution is -2.70. The molecule has 26 heteroatoms. The Hall–Kier alpha value is -3.29. The smallest absolute Gasteiger partial charge is 0.207 e. The van der Waals surface area contributed by atoms with Crippen LogP contribution in [0.15, 0.2) is 0 Å². The van der Waals surface area contributed by atoms with Gasteiger partial charge in [0.05, 0.1) is 60.7 Å². The predicted molar refractivity (Wildman–Crippen MR) is 194 cm³/mol. The molecule has 5 heterocycles. The molecule has 5 amide bonds. The molecule has 61 heavy (non-hydrogen) atoms. The third-order valence-corrected chi connectivity index (χ3v) is 11.6. The fourth-order valence-corrected chi connectivity index (χ4v) is 8.32. The number of ether oxygens (including phenoxy) is 9. The summed E-state index contributed by atoms with van der Waals surface area (Å²) in [4.78, 5) is 57.6. The summed E-state index contributed by atoms with van der Waals surface area (Å²) in [5, 5.41) is 90.4. The second kappa shape index (κ2) is 21.4. The standard InChI is InChI=1S/C35H57N5O21/c1-11-16(36-6-41)21(46)25(50)32(54-11)59-28-22(47)17(37-7-42)13(3)56-34(28)61-30-24(49)19(39-9-44)14(4)57-35(30)60-29-23(48)18(38-8-43)12(2)55-33(29)58-27-20(40-10-45)15(5)53-31(52)26(27)51/h6-35,46-52H,1-5H3,(H,36,41)(H,37,42)(H,38,43)(H,39,44)(H,40,45)/t11-,12-,13-,14-,15-,16-,17-,18-,19-,20-,21+,22+,23+,24+,25+,26+,27+,28+,29+,30+,31?,32-,33-,34-,35-/m1/s1. The lowest BCUT2D eigenvalue weighted by molar-refractivity contribution is -0.392. The second-order valence-electron chi connectivity index (χ2n) is 15.5. The molecule has 0 aromatic carbocycles. The normalized spacial score (nSPS) is 49.1. The van der Waals surface area contributed by atoms with Gasteiger partial charge in [0.25, 0.3) is 0 Å². The average molecular weight is 884 g/mol. The molecule has 5 aliphatic heterocycles. The van der Waals surface area contributed by atoms with Gasteiger partial charge in [-0.25, -0.2) is 0 Å². The Morgan fingerprint density at radius 3 is 0.984 bits per heavy atom. The minimum atomic E-state index is -1.83. The fraction of sp³-hybridized carbons (Fsp3) is 0.857. The summed E-state index contributed by atoms with van der Waals surface area (Å²) >= 11 is 0. The first-order valence-corrected chi connectivity index (χ1v) is 19.7. The molecule has 0 radical (unpaired) electrons. The van der Waals surface area contributed by atoms with Gasteiger partial charge < -0.3 is 105 Å². The largest absolute Gasteiger partial charge is 0.388 e. The van der Waals surface area contributed by atoms with Gasteiger partial charge >= 0.3 is 0 Å². The highest BCUT2D eigenvalue weighted by atomic mass is 16.8. The quantitative estimate of drug-likeness (QED) is 0.0569. The molecule has 1 unspecified atom stereocenters. The van der Waals surface area contributed by atoms with E-state index in [2.05, 4.69) is 26.6 Å². The van der Waals surface area contributed by atoms with E-state index in [1.165, 1.54) is 34.6 Å². The Labute approximate surface area is 348 Å². The molecule has 0 saturated carbocycles. The lowest BCUT2D eigenvalue weighted by Gasteiger charge is -2.51. The van der Waals surface area contributed by atoms with Gasteiger partial charge in [-0.3, -0.25) is 24.0 Å². The van der Waals surface area contributed by atoms with Crippen LogP contribution >= 0.6 is 0 Å². The molecule has 12 N–H and O–H groups in total. The summed E-state index contributed by atoms with van der Waals surface area (Å²) in [5.41, 5.74) is 0. The highest BCUT2D eigenvalue weighted by Crippen LogP contribution is 2.36. The van der Waals surface area contributed by atoms with Gasteiger partial charge in [0.2, 0.25) is 32.1 Å². The molecule has 0 spiro atoms. The molecular formula is C35H57N5O21. The number of carbonyl (C=O) groups is 5. The molecule has 5 aliphatic rings. The third kappa shape index (κ3) is 10.4. The molecule has 5 saturated heterocycles. The van der Waals surface area contributed by atoms with Crippen LogP contribution in [0.4, 0.5) is 0 Å². The van der Waals surface area contributed by atoms with Crippen LogP contribution in [-0.4, -0.2) is 221 Å². The zero-order valence-electron chi connectivity index (χ0n) is 33.7. The maximum absolute atomic E-state index is 11.8. The van der Waals surface area contributed by atoms with E-state index in [1.54, 1.807) is 0 Å². The SMILES string of the molecule is C[C@H]1O[C@H](O[C@@H]2[C@@H](O[C@@H]3[C@@H](O[C@@H]4[C@@H](O[C@H]5[C@H](NC=O)[C@@H](C)OC(O)[C@H]5O)O[C@H](C)[C@@H](NC=O)[C@@H]4O)O[C@H](C)[C@@H](NC=O)[C@@H]3O)O[C@H](C)[C@@H](NC=O)[C@@H]2O)[C@@H](O)[C@@H](O)[C@@H]1NC=O. The first-order chi connectivity index (χ1) is 29.0. The summed E-state index contributed by atoms with van der Waals surface area (Å²) in [6, 6.07) is -5.72. The summed E-state index contributed by atoms with van der Waals surface area (Å²) in [7, 11) is 0. The zero-order valence-corrected chi connectivity index (χ0v) is 33.7. The van der Waals surface area contributed by atoms with Crippen LogP contribution in [0.25, 0.3) is 0 Å². The predicted octanol–water partition coefficient (Wildman–Crippen LogP) is -8.02. The number of rotatable bonds is 18. The molecule has 25 atom stereocenters. The lowest BCUT2D eigenvalue weighted by atomic mass is 9.93. The van der Waals surface area contributed by atoms with Crippen LogP contribution < -0.4 is 26.6 Å². The number of hydrogen-bond donors (Lipinski definition) is 12. The van der Waals surface area contributed by atoms with E-state index in [0.717, 1.165) is 0 Å². The molecule has 0 aliphatic carbocycles. The number of carbonyl (C=O) groups excluding carboxylic acids is 5. The van der Waals surface area contributed by atoms with Crippen molar-refractivity contribution in [1.82, 2.24) is 26.6 Å². The summed E-state index contributed by atoms with van der Waals surface area (Å²) in [5.74, 6) is 0. The topological polar surface area (TPSA) is 370 Å². The van der Waals surface area contributed by atoms with Crippen LogP contribution in [0.3, 0.4) is 0 Å². The van der Waals surface area contributed by atoms with Crippen molar-refractivity contribution >= 4 is 32.1 Å². The van der Waals surface area contributed by atoms with E-state index in [-0.39, 0.29) is 6.41 Å². The Morgan fingerprint density at radius 1 is 0.344 bits per heavy atom. The fourth-order valence-electron chi connectivity index (χ4n) is 8.32. The Morgan fingerprint density at radius 2 is 0.623 bits per heavy atom. The molecule has 26 nitrogen and oxygen atoms in total. The minimum Gasteiger partial charge on any atom is -0.388 e. The number of aliphatic hydroxyl groups is 7. The van der Waals surface area contributed by atoms with E-state index in [9.17, 15) is 59.7 Å². The monoisotopic (exact) mass is 883 g/mol. The molecule has 348 valence electrons. The zero-order chi connectivity index (χ0) is 44.9. The van der Waals surface area contributed by atoms with E-state index in [4.69, 9.17) is 42.6 Å². The van der Waals surface area contributed by atoms with Gasteiger partial charge in [-0.1, -0.05) is 0 Å². The van der Waals surface area contributed by atoms with Crippen LogP contribution in [0.5, 0.6) is 0 Å². The maximum Gasteiger partial charge on any atom is 0.207 e. The van der Waals surface area contributed by atoms with Crippen molar-refractivity contribution in [2.75, 3.05) is 0 Å². The van der Waals surface area contributed by atoms with Gasteiger partial charge in [0, 0.05) is 0 Å². The first-order valence-electron chi connectivity index (χ1n) is 19.7. The van der Waals surface area contributed by atoms with Crippen LogP contribution in [0.1, 0.15) is 34.6 Å². The number of hydrogen-bond acceptors (Lipinski definition) is 21. The third-order valence-electron chi connectivity index (χ3n) is 11.6. The van der Waals surface area contributed by atoms with E-state index in [0.29, 0.717) is 25.6 Å². The van der Waals surface area contributed by atoms with Gasteiger partial charge in [0.1, 0.15) is 61.0 Å². The van der Waals surface area contributed by atoms with E-state index < -0.39 is 153 Å². The highest BCUT2D eigenvalue weighted by Gasteiger charge is 2.56. The van der Waals surface area contributed by atoms with Crippen LogP contribution in [0, 0.1) is 0 Å². The van der Waals surface area contributed by atoms with Gasteiger partial charge in [-0.15, -0.1) is 0 Å². The molecule has 0 bridgehead atoms. The minimum absolute atomic E-state index is 0.287. The molecule has 5 fully saturated rings. The van der Waals surface area contributed by atoms with Gasteiger partial charge in [0.15, 0.2) is 31.5 Å². The van der Waals surface area contributed by atoms with Crippen molar-refractivity contribution < 1.29 is 102 Å². The van der Waals surface area contributed by atoms with Crippen molar-refractivity contribution in [1.29, 1.82) is 0 Å². The number of amides is 5. The second-order valence-corrected chi connectivity index (χ2v) is 15.5. The van der Waals surface area contributed by atoms with Crippen molar-refractivity contribution in [3.63, 3.8) is 0 Å².